The van der Waals surface area contributed by atoms with Crippen LogP contribution in [0, 0.1) is 3.57 Å². The summed E-state index contributed by atoms with van der Waals surface area (Å²) in [6.45, 7) is 0. The fourth-order valence-electron chi connectivity index (χ4n) is 1.74. The topological polar surface area (TPSA) is 96.9 Å². The molecule has 22 heavy (non-hydrogen) atoms. The molecule has 2 aromatic carbocycles. The molecule has 4 N–H and O–H groups in total. The van der Waals surface area contributed by atoms with Crippen LogP contribution in [0.1, 0.15) is 15.9 Å². The average molecular weight is 411 g/mol. The molecule has 114 valence electrons. The molecule has 2 rings (SSSR count). The van der Waals surface area contributed by atoms with Crippen molar-refractivity contribution in [1.82, 2.24) is 5.43 Å². The number of phenols is 1. The third-order valence-electron chi connectivity index (χ3n) is 2.80. The second-order valence-corrected chi connectivity index (χ2v) is 5.54. The number of halogens is 1. The van der Waals surface area contributed by atoms with E-state index in [9.17, 15) is 9.90 Å². The summed E-state index contributed by atoms with van der Waals surface area (Å²) >= 11 is 2.04. The number of aromatic hydroxyl groups is 1. The van der Waals surface area contributed by atoms with Gasteiger partial charge in [-0.15, -0.1) is 0 Å². The number of carbonyl (C=O) groups excluding carboxylic acids is 1. The van der Waals surface area contributed by atoms with Crippen molar-refractivity contribution >= 4 is 40.4 Å². The van der Waals surface area contributed by atoms with Gasteiger partial charge in [-0.05, 0) is 64.6 Å². The van der Waals surface area contributed by atoms with E-state index in [0.29, 0.717) is 22.6 Å². The highest BCUT2D eigenvalue weighted by Gasteiger charge is 2.08. The van der Waals surface area contributed by atoms with Crippen LogP contribution in [0.25, 0.3) is 0 Å². The molecule has 0 heterocycles. The van der Waals surface area contributed by atoms with E-state index >= 15 is 0 Å². The maximum absolute atomic E-state index is 11.8. The number of benzene rings is 2. The van der Waals surface area contributed by atoms with Gasteiger partial charge < -0.3 is 15.6 Å². The van der Waals surface area contributed by atoms with E-state index in [1.165, 1.54) is 19.4 Å². The number of phenolic OH excluding ortho intramolecular Hbond substituents is 1. The number of amides is 1. The number of ether oxygens (including phenoxy) is 1. The third kappa shape index (κ3) is 3.88. The normalized spacial score (nSPS) is 10.6. The van der Waals surface area contributed by atoms with Crippen molar-refractivity contribution in [3.05, 3.63) is 51.1 Å². The van der Waals surface area contributed by atoms with Gasteiger partial charge in [-0.1, -0.05) is 0 Å². The number of methoxy groups -OCH3 is 1. The Bertz CT molecular complexity index is 691. The van der Waals surface area contributed by atoms with Crippen molar-refractivity contribution in [3.63, 3.8) is 0 Å². The summed E-state index contributed by atoms with van der Waals surface area (Å²) < 4.78 is 5.80. The Hall–Kier alpha value is -2.29. The molecule has 6 nitrogen and oxygen atoms in total. The highest BCUT2D eigenvalue weighted by Crippen LogP contribution is 2.31. The van der Waals surface area contributed by atoms with Crippen LogP contribution in [0.2, 0.25) is 0 Å². The molecule has 0 aliphatic carbocycles. The maximum atomic E-state index is 11.8. The fourth-order valence-corrected chi connectivity index (χ4v) is 2.60. The Morgan fingerprint density at radius 3 is 2.64 bits per heavy atom. The fraction of sp³-hybridized carbons (Fsp3) is 0.0667. The Kier molecular flexibility index (Phi) is 5.21. The van der Waals surface area contributed by atoms with Crippen LogP contribution < -0.4 is 15.9 Å². The zero-order valence-electron chi connectivity index (χ0n) is 11.7. The number of anilines is 1. The van der Waals surface area contributed by atoms with Gasteiger partial charge in [0.1, 0.15) is 0 Å². The van der Waals surface area contributed by atoms with E-state index < -0.39 is 0 Å². The smallest absolute Gasteiger partial charge is 0.271 e. The summed E-state index contributed by atoms with van der Waals surface area (Å²) in [5.74, 6) is 0.0769. The molecule has 0 aliphatic rings. The minimum Gasteiger partial charge on any atom is -0.504 e. The lowest BCUT2D eigenvalue weighted by atomic mass is 10.2. The van der Waals surface area contributed by atoms with Gasteiger partial charge >= 0.3 is 0 Å². The van der Waals surface area contributed by atoms with Crippen LogP contribution >= 0.6 is 22.6 Å². The third-order valence-corrected chi connectivity index (χ3v) is 3.60. The van der Waals surface area contributed by atoms with Crippen molar-refractivity contribution in [3.8, 4) is 11.5 Å². The minimum absolute atomic E-state index is 0.0145. The summed E-state index contributed by atoms with van der Waals surface area (Å²) in [5, 5.41) is 13.7. The lowest BCUT2D eigenvalue weighted by Crippen LogP contribution is -2.17. The minimum atomic E-state index is -0.344. The Morgan fingerprint density at radius 1 is 1.36 bits per heavy atom. The Morgan fingerprint density at radius 2 is 2.05 bits per heavy atom. The average Bonchev–Trinajstić information content (AvgIpc) is 2.47. The zero-order chi connectivity index (χ0) is 16.1. The summed E-state index contributed by atoms with van der Waals surface area (Å²) in [7, 11) is 1.48. The van der Waals surface area contributed by atoms with Crippen LogP contribution in [0.5, 0.6) is 11.5 Å². The van der Waals surface area contributed by atoms with Crippen LogP contribution in [0.15, 0.2) is 41.5 Å². The lowest BCUT2D eigenvalue weighted by Gasteiger charge is -2.06. The SMILES string of the molecule is COc1c(O)cc(/C=N/NC(=O)c2ccc(N)cc2)cc1I. The first-order valence-corrected chi connectivity index (χ1v) is 7.34. The summed E-state index contributed by atoms with van der Waals surface area (Å²) in [6, 6.07) is 9.79. The first kappa shape index (κ1) is 16.1. The molecule has 0 radical (unpaired) electrons. The highest BCUT2D eigenvalue weighted by molar-refractivity contribution is 14.1. The van der Waals surface area contributed by atoms with Crippen LogP contribution in [-0.2, 0) is 0 Å². The molecule has 0 aromatic heterocycles. The second kappa shape index (κ2) is 7.12. The van der Waals surface area contributed by atoms with Gasteiger partial charge in [0.15, 0.2) is 11.5 Å². The van der Waals surface area contributed by atoms with E-state index in [4.69, 9.17) is 10.5 Å². The van der Waals surface area contributed by atoms with Crippen molar-refractivity contribution in [2.45, 2.75) is 0 Å². The number of hydrogen-bond donors (Lipinski definition) is 3. The Balaban J connectivity index is 2.06. The summed E-state index contributed by atoms with van der Waals surface area (Å²) in [4.78, 5) is 11.8. The van der Waals surface area contributed by atoms with Crippen LogP contribution in [-0.4, -0.2) is 24.3 Å². The first-order chi connectivity index (χ1) is 10.5. The molecule has 0 bridgehead atoms. The number of hydrogen-bond acceptors (Lipinski definition) is 5. The molecule has 2 aromatic rings. The molecular weight excluding hydrogens is 397 g/mol. The molecule has 0 atom stereocenters. The van der Waals surface area contributed by atoms with Crippen molar-refractivity contribution < 1.29 is 14.6 Å². The molecule has 0 unspecified atom stereocenters. The van der Waals surface area contributed by atoms with Crippen LogP contribution in [0.4, 0.5) is 5.69 Å². The standard InChI is InChI=1S/C15H14IN3O3/c1-22-14-12(16)6-9(7-13(14)20)8-18-19-15(21)10-2-4-11(17)5-3-10/h2-8,20H,17H2,1H3,(H,19,21)/b18-8+. The van der Waals surface area contributed by atoms with Gasteiger partial charge in [0.2, 0.25) is 0 Å². The number of nitrogen functional groups attached to an aromatic ring is 1. The van der Waals surface area contributed by atoms with Gasteiger partial charge in [0, 0.05) is 11.3 Å². The molecule has 7 heteroatoms. The highest BCUT2D eigenvalue weighted by atomic mass is 127. The quantitative estimate of drug-likeness (QED) is 0.312. The van der Waals surface area contributed by atoms with E-state index in [0.717, 1.165) is 3.57 Å². The molecule has 0 aliphatic heterocycles. The number of nitrogens with two attached hydrogens (primary N) is 1. The number of nitrogens with zero attached hydrogens (tertiary/aromatic N) is 1. The van der Waals surface area contributed by atoms with Gasteiger partial charge in [-0.2, -0.15) is 5.10 Å². The monoisotopic (exact) mass is 411 g/mol. The van der Waals surface area contributed by atoms with E-state index in [1.54, 1.807) is 30.3 Å². The van der Waals surface area contributed by atoms with Crippen LogP contribution in [0.3, 0.4) is 0 Å². The predicted molar refractivity (Wildman–Crippen MR) is 93.3 cm³/mol. The number of rotatable bonds is 4. The number of carbonyl (C=O) groups is 1. The number of nitrogens with one attached hydrogen (secondary N) is 1. The predicted octanol–water partition coefficient (Wildman–Crippen LogP) is 2.35. The largest absolute Gasteiger partial charge is 0.504 e. The molecule has 0 saturated heterocycles. The molecule has 0 spiro atoms. The second-order valence-electron chi connectivity index (χ2n) is 4.38. The molecule has 0 fully saturated rings. The molecule has 0 saturated carbocycles. The molecule has 1 amide bonds. The van der Waals surface area contributed by atoms with Gasteiger partial charge in [0.25, 0.3) is 5.91 Å². The Labute approximate surface area is 141 Å². The first-order valence-electron chi connectivity index (χ1n) is 6.26. The summed E-state index contributed by atoms with van der Waals surface area (Å²) in [5.41, 5.74) is 9.65. The van der Waals surface area contributed by atoms with E-state index in [2.05, 4.69) is 10.5 Å². The van der Waals surface area contributed by atoms with E-state index in [-0.39, 0.29) is 11.7 Å². The van der Waals surface area contributed by atoms with Gasteiger partial charge in [-0.25, -0.2) is 5.43 Å². The van der Waals surface area contributed by atoms with Crippen molar-refractivity contribution in [1.29, 1.82) is 0 Å². The van der Waals surface area contributed by atoms with Gasteiger partial charge in [-0.3, -0.25) is 4.79 Å². The summed E-state index contributed by atoms with van der Waals surface area (Å²) in [6.07, 6.45) is 1.44. The maximum Gasteiger partial charge on any atom is 0.271 e. The van der Waals surface area contributed by atoms with E-state index in [1.807, 2.05) is 22.6 Å². The van der Waals surface area contributed by atoms with Gasteiger partial charge in [0.05, 0.1) is 16.9 Å². The molecular formula is C15H14IN3O3. The zero-order valence-corrected chi connectivity index (χ0v) is 13.9. The lowest BCUT2D eigenvalue weighted by molar-refractivity contribution is 0.0955. The number of hydrazone groups is 1. The van der Waals surface area contributed by atoms with Crippen molar-refractivity contribution in [2.24, 2.45) is 5.10 Å². The van der Waals surface area contributed by atoms with Crippen molar-refractivity contribution in [2.75, 3.05) is 12.8 Å².